The number of fused-ring (bicyclic) bond motifs is 1. The molecule has 4 nitrogen and oxygen atoms in total. The Hall–Kier alpha value is -3.16. The van der Waals surface area contributed by atoms with Crippen LogP contribution in [0.25, 0.3) is 11.1 Å². The molecular formula is C21H19N3O. The number of aromatic nitrogens is 1. The lowest BCUT2D eigenvalue weighted by molar-refractivity contribution is 0.264. The summed E-state index contributed by atoms with van der Waals surface area (Å²) in [7, 11) is 0. The molecule has 4 rings (SSSR count). The van der Waals surface area contributed by atoms with Crippen molar-refractivity contribution in [1.82, 2.24) is 4.98 Å². The second-order valence-corrected chi connectivity index (χ2v) is 5.69. The summed E-state index contributed by atoms with van der Waals surface area (Å²) >= 11 is 0. The highest BCUT2D eigenvalue weighted by Crippen LogP contribution is 2.27. The second-order valence-electron chi connectivity index (χ2n) is 5.69. The van der Waals surface area contributed by atoms with Crippen LogP contribution in [0.5, 0.6) is 5.75 Å². The van der Waals surface area contributed by atoms with E-state index in [0.29, 0.717) is 12.2 Å². The van der Waals surface area contributed by atoms with Crippen molar-refractivity contribution < 1.29 is 4.74 Å². The summed E-state index contributed by atoms with van der Waals surface area (Å²) in [6, 6.07) is 23.6. The van der Waals surface area contributed by atoms with Crippen LogP contribution in [-0.2, 0) is 0 Å². The predicted molar refractivity (Wildman–Crippen MR) is 97.9 cm³/mol. The van der Waals surface area contributed by atoms with Gasteiger partial charge in [0, 0.05) is 12.6 Å². The van der Waals surface area contributed by atoms with E-state index >= 15 is 0 Å². The topological polar surface area (TPSA) is 71.9 Å². The summed E-state index contributed by atoms with van der Waals surface area (Å²) in [4.78, 5) is 4.15. The highest BCUT2D eigenvalue weighted by Gasteiger charge is 2.17. The van der Waals surface area contributed by atoms with Gasteiger partial charge in [0.25, 0.3) is 0 Å². The summed E-state index contributed by atoms with van der Waals surface area (Å²) in [5.41, 5.74) is 9.71. The van der Waals surface area contributed by atoms with Crippen molar-refractivity contribution >= 4 is 0 Å². The Morgan fingerprint density at radius 2 is 1.68 bits per heavy atom. The number of pyridine rings is 1. The van der Waals surface area contributed by atoms with Gasteiger partial charge in [-0.05, 0) is 35.4 Å². The summed E-state index contributed by atoms with van der Waals surface area (Å²) in [6.07, 6.45) is 2.61. The van der Waals surface area contributed by atoms with Crippen LogP contribution < -0.4 is 10.5 Å². The molecule has 124 valence electrons. The molecule has 2 N–H and O–H groups in total. The fourth-order valence-electron chi connectivity index (χ4n) is 2.60. The highest BCUT2D eigenvalue weighted by atomic mass is 16.5. The zero-order valence-electron chi connectivity index (χ0n) is 13.8. The Morgan fingerprint density at radius 3 is 2.36 bits per heavy atom. The lowest BCUT2D eigenvalue weighted by Gasteiger charge is -2.20. The van der Waals surface area contributed by atoms with Crippen molar-refractivity contribution in [2.75, 3.05) is 6.61 Å². The molecule has 1 aromatic heterocycles. The fourth-order valence-corrected chi connectivity index (χ4v) is 2.60. The fraction of sp³-hybridized carbons (Fsp3) is 0.143. The maximum absolute atomic E-state index is 8.65. The van der Waals surface area contributed by atoms with E-state index in [1.807, 2.05) is 54.6 Å². The third-order valence-corrected chi connectivity index (χ3v) is 3.96. The SMILES string of the molecule is N#Cc1ccc(-c2ccccc2)cc1.NC1CCOc2cccnc21. The molecule has 0 radical (unpaired) electrons. The first-order chi connectivity index (χ1) is 12.3. The maximum Gasteiger partial charge on any atom is 0.142 e. The molecule has 1 aliphatic rings. The second kappa shape index (κ2) is 8.09. The maximum atomic E-state index is 8.65. The number of ether oxygens (including phenoxy) is 1. The highest BCUT2D eigenvalue weighted by molar-refractivity contribution is 5.63. The summed E-state index contributed by atoms with van der Waals surface area (Å²) in [5.74, 6) is 0.839. The molecule has 4 heteroatoms. The third-order valence-electron chi connectivity index (χ3n) is 3.96. The zero-order valence-corrected chi connectivity index (χ0v) is 13.8. The number of benzene rings is 2. The average Bonchev–Trinajstić information content (AvgIpc) is 2.70. The molecule has 0 fully saturated rings. The molecule has 0 saturated carbocycles. The van der Waals surface area contributed by atoms with Gasteiger partial charge in [-0.1, -0.05) is 42.5 Å². The summed E-state index contributed by atoms with van der Waals surface area (Å²) in [5, 5.41) is 8.65. The first-order valence-corrected chi connectivity index (χ1v) is 8.17. The van der Waals surface area contributed by atoms with Gasteiger partial charge in [-0.25, -0.2) is 0 Å². The third kappa shape index (κ3) is 4.23. The van der Waals surface area contributed by atoms with Gasteiger partial charge in [0.2, 0.25) is 0 Å². The van der Waals surface area contributed by atoms with Crippen molar-refractivity contribution in [1.29, 1.82) is 5.26 Å². The van der Waals surface area contributed by atoms with Gasteiger partial charge in [0.15, 0.2) is 0 Å². The lowest BCUT2D eigenvalue weighted by atomic mass is 10.0. The molecule has 25 heavy (non-hydrogen) atoms. The number of nitriles is 1. The molecule has 1 aliphatic heterocycles. The van der Waals surface area contributed by atoms with E-state index in [4.69, 9.17) is 15.7 Å². The van der Waals surface area contributed by atoms with Gasteiger partial charge in [0.1, 0.15) is 5.75 Å². The minimum absolute atomic E-state index is 0.0555. The van der Waals surface area contributed by atoms with Crippen molar-refractivity contribution in [3.8, 4) is 22.9 Å². The van der Waals surface area contributed by atoms with Crippen LogP contribution >= 0.6 is 0 Å². The van der Waals surface area contributed by atoms with Crippen LogP contribution in [0.3, 0.4) is 0 Å². The van der Waals surface area contributed by atoms with Crippen molar-refractivity contribution in [2.45, 2.75) is 12.5 Å². The lowest BCUT2D eigenvalue weighted by Crippen LogP contribution is -2.21. The van der Waals surface area contributed by atoms with Gasteiger partial charge in [0.05, 0.1) is 30.0 Å². The van der Waals surface area contributed by atoms with E-state index in [1.54, 1.807) is 6.20 Å². The molecule has 2 aromatic carbocycles. The van der Waals surface area contributed by atoms with Gasteiger partial charge in [-0.15, -0.1) is 0 Å². The van der Waals surface area contributed by atoms with Crippen molar-refractivity contribution in [2.24, 2.45) is 5.73 Å². The molecular weight excluding hydrogens is 310 g/mol. The first kappa shape index (κ1) is 16.7. The quantitative estimate of drug-likeness (QED) is 0.730. The minimum atomic E-state index is 0.0555. The summed E-state index contributed by atoms with van der Waals surface area (Å²) in [6.45, 7) is 0.708. The number of nitrogens with zero attached hydrogens (tertiary/aromatic N) is 2. The number of hydrogen-bond acceptors (Lipinski definition) is 4. The number of nitrogens with two attached hydrogens (primary N) is 1. The van der Waals surface area contributed by atoms with Gasteiger partial charge in [-0.2, -0.15) is 5.26 Å². The van der Waals surface area contributed by atoms with E-state index in [9.17, 15) is 0 Å². The molecule has 1 atom stereocenters. The Labute approximate surface area is 147 Å². The molecule has 0 aliphatic carbocycles. The number of hydrogen-bond donors (Lipinski definition) is 1. The van der Waals surface area contributed by atoms with Crippen molar-refractivity contribution in [3.05, 3.63) is 84.2 Å². The number of rotatable bonds is 1. The van der Waals surface area contributed by atoms with Gasteiger partial charge < -0.3 is 10.5 Å². The Balaban J connectivity index is 0.000000150. The van der Waals surface area contributed by atoms with E-state index < -0.39 is 0 Å². The van der Waals surface area contributed by atoms with Crippen LogP contribution in [0.1, 0.15) is 23.7 Å². The van der Waals surface area contributed by atoms with Crippen molar-refractivity contribution in [3.63, 3.8) is 0 Å². The minimum Gasteiger partial charge on any atom is -0.492 e. The standard InChI is InChI=1S/C13H9N.C8H10N2O/c14-10-11-6-8-13(9-7-11)12-4-2-1-3-5-12;9-6-3-5-11-7-2-1-4-10-8(6)7/h1-9H;1-2,4,6H,3,5,9H2. The average molecular weight is 329 g/mol. The zero-order chi connectivity index (χ0) is 17.5. The molecule has 2 heterocycles. The first-order valence-electron chi connectivity index (χ1n) is 8.17. The van der Waals surface area contributed by atoms with E-state index in [0.717, 1.165) is 23.4 Å². The van der Waals surface area contributed by atoms with Crippen LogP contribution in [0.2, 0.25) is 0 Å². The van der Waals surface area contributed by atoms with E-state index in [1.165, 1.54) is 5.56 Å². The van der Waals surface area contributed by atoms with Crippen LogP contribution in [0, 0.1) is 11.3 Å². The predicted octanol–water partition coefficient (Wildman–Crippen LogP) is 4.09. The van der Waals surface area contributed by atoms with Crippen LogP contribution in [-0.4, -0.2) is 11.6 Å². The molecule has 1 unspecified atom stereocenters. The molecule has 0 bridgehead atoms. The largest absolute Gasteiger partial charge is 0.492 e. The van der Waals surface area contributed by atoms with Gasteiger partial charge in [-0.3, -0.25) is 4.98 Å². The normalized spacial score (nSPS) is 15.0. The van der Waals surface area contributed by atoms with Gasteiger partial charge >= 0.3 is 0 Å². The Morgan fingerprint density at radius 1 is 0.960 bits per heavy atom. The molecule has 3 aromatic rings. The smallest absolute Gasteiger partial charge is 0.142 e. The van der Waals surface area contributed by atoms with Crippen LogP contribution in [0.4, 0.5) is 0 Å². The Kier molecular flexibility index (Phi) is 5.40. The van der Waals surface area contributed by atoms with E-state index in [-0.39, 0.29) is 6.04 Å². The molecule has 0 amide bonds. The molecule has 0 spiro atoms. The molecule has 0 saturated heterocycles. The monoisotopic (exact) mass is 329 g/mol. The van der Waals surface area contributed by atoms with E-state index in [2.05, 4.69) is 23.2 Å². The van der Waals surface area contributed by atoms with Crippen LogP contribution in [0.15, 0.2) is 72.9 Å². The summed E-state index contributed by atoms with van der Waals surface area (Å²) < 4.78 is 5.35. The Bertz CT molecular complexity index is 854.